The molecule has 0 N–H and O–H groups in total. The van der Waals surface area contributed by atoms with Crippen LogP contribution in [0.1, 0.15) is 27.7 Å². The summed E-state index contributed by atoms with van der Waals surface area (Å²) in [4.78, 5) is 0. The van der Waals surface area contributed by atoms with Crippen molar-refractivity contribution < 1.29 is 9.13 Å². The highest BCUT2D eigenvalue weighted by molar-refractivity contribution is 8.14. The van der Waals surface area contributed by atoms with Gasteiger partial charge in [0, 0.05) is 11.5 Å². The zero-order valence-corrected chi connectivity index (χ0v) is 14.6. The third-order valence-corrected chi connectivity index (χ3v) is 4.64. The molecule has 3 nitrogen and oxygen atoms in total. The second-order valence-corrected chi connectivity index (χ2v) is 7.33. The van der Waals surface area contributed by atoms with Crippen molar-refractivity contribution in [3.63, 3.8) is 0 Å². The summed E-state index contributed by atoms with van der Waals surface area (Å²) in [5.41, 5.74) is 0.567. The first-order chi connectivity index (χ1) is 10.2. The molecule has 0 aromatic heterocycles. The second kappa shape index (κ2) is 6.39. The predicted molar refractivity (Wildman–Crippen MR) is 92.2 cm³/mol. The van der Waals surface area contributed by atoms with E-state index in [1.54, 1.807) is 29.8 Å². The number of nitrogens with zero attached hydrogens (tertiary/aromatic N) is 2. The average Bonchev–Trinajstić information content (AvgIpc) is 2.91. The van der Waals surface area contributed by atoms with Crippen molar-refractivity contribution in [2.45, 2.75) is 33.8 Å². The van der Waals surface area contributed by atoms with Gasteiger partial charge in [0.15, 0.2) is 17.7 Å². The fourth-order valence-electron chi connectivity index (χ4n) is 1.81. The van der Waals surface area contributed by atoms with Crippen molar-refractivity contribution in [2.75, 3.05) is 10.9 Å². The topological polar surface area (TPSA) is 24.8 Å². The van der Waals surface area contributed by atoms with Crippen LogP contribution in [0.15, 0.2) is 17.2 Å². The van der Waals surface area contributed by atoms with E-state index >= 15 is 0 Å². The Morgan fingerprint density at radius 3 is 2.73 bits per heavy atom. The van der Waals surface area contributed by atoms with Gasteiger partial charge in [0.05, 0.1) is 16.6 Å². The Kier molecular flexibility index (Phi) is 4.93. The summed E-state index contributed by atoms with van der Waals surface area (Å²) >= 11 is 7.80. The monoisotopic (exact) mass is 340 g/mol. The normalized spacial score (nSPS) is 16.2. The minimum absolute atomic E-state index is 0.0385. The second-order valence-electron chi connectivity index (χ2n) is 5.99. The van der Waals surface area contributed by atoms with Crippen LogP contribution in [0.5, 0.6) is 5.75 Å². The molecule has 6 heteroatoms. The SMILES string of the molecule is C#CC(C)Oc1cc(N2CSC(C(C)(C)C)=N2)c(Cl)cc1F. The molecule has 118 valence electrons. The van der Waals surface area contributed by atoms with E-state index in [1.807, 2.05) is 0 Å². The molecule has 1 aromatic carbocycles. The zero-order chi connectivity index (χ0) is 16.5. The number of thioether (sulfide) groups is 1. The summed E-state index contributed by atoms with van der Waals surface area (Å²) in [7, 11) is 0. The Morgan fingerprint density at radius 2 is 2.18 bits per heavy atom. The molecular weight excluding hydrogens is 323 g/mol. The first kappa shape index (κ1) is 17.0. The highest BCUT2D eigenvalue weighted by atomic mass is 35.5. The molecule has 0 fully saturated rings. The molecule has 1 atom stereocenters. The van der Waals surface area contributed by atoms with Gasteiger partial charge in [0.25, 0.3) is 0 Å². The standard InChI is InChI=1S/C16H18ClFN2OS/c1-6-10(2)21-14-8-13(11(17)7-12(14)18)20-9-22-15(19-20)16(3,4)5/h1,7-8,10H,9H2,2-5H3. The fraction of sp³-hybridized carbons (Fsp3) is 0.438. The minimum Gasteiger partial charge on any atom is -0.475 e. The Bertz CT molecular complexity index is 649. The van der Waals surface area contributed by atoms with E-state index in [2.05, 4.69) is 31.8 Å². The van der Waals surface area contributed by atoms with Crippen LogP contribution in [-0.2, 0) is 0 Å². The maximum absolute atomic E-state index is 13.9. The highest BCUT2D eigenvalue weighted by Crippen LogP contribution is 2.38. The number of rotatable bonds is 3. The van der Waals surface area contributed by atoms with Gasteiger partial charge >= 0.3 is 0 Å². The van der Waals surface area contributed by atoms with Crippen LogP contribution in [0.4, 0.5) is 10.1 Å². The number of hydrogen-bond donors (Lipinski definition) is 0. The van der Waals surface area contributed by atoms with Gasteiger partial charge in [-0.05, 0) is 13.0 Å². The molecule has 1 aliphatic rings. The summed E-state index contributed by atoms with van der Waals surface area (Å²) < 4.78 is 19.3. The number of hydrazone groups is 1. The van der Waals surface area contributed by atoms with E-state index in [-0.39, 0.29) is 16.2 Å². The van der Waals surface area contributed by atoms with E-state index < -0.39 is 11.9 Å². The lowest BCUT2D eigenvalue weighted by Gasteiger charge is -2.18. The van der Waals surface area contributed by atoms with Crippen LogP contribution in [0.2, 0.25) is 5.02 Å². The molecule has 0 bridgehead atoms. The van der Waals surface area contributed by atoms with Gasteiger partial charge in [-0.25, -0.2) is 4.39 Å². The molecule has 1 heterocycles. The van der Waals surface area contributed by atoms with Gasteiger partial charge < -0.3 is 4.74 Å². The van der Waals surface area contributed by atoms with Crippen LogP contribution < -0.4 is 9.75 Å². The van der Waals surface area contributed by atoms with Gasteiger partial charge in [-0.1, -0.05) is 50.1 Å². The quantitative estimate of drug-likeness (QED) is 0.742. The first-order valence-corrected chi connectivity index (χ1v) is 8.20. The van der Waals surface area contributed by atoms with Crippen LogP contribution in [0.25, 0.3) is 0 Å². The van der Waals surface area contributed by atoms with Crippen molar-refractivity contribution >= 4 is 34.1 Å². The Balaban J connectivity index is 2.34. The fourth-order valence-corrected chi connectivity index (χ4v) is 3.09. The first-order valence-electron chi connectivity index (χ1n) is 6.83. The van der Waals surface area contributed by atoms with Crippen LogP contribution >= 0.6 is 23.4 Å². The minimum atomic E-state index is -0.539. The van der Waals surface area contributed by atoms with Crippen molar-refractivity contribution in [2.24, 2.45) is 10.5 Å². The van der Waals surface area contributed by atoms with Gasteiger partial charge in [-0.2, -0.15) is 5.10 Å². The molecule has 1 aromatic rings. The van der Waals surface area contributed by atoms with Crippen molar-refractivity contribution in [3.8, 4) is 18.1 Å². The number of benzene rings is 1. The number of anilines is 1. The third-order valence-electron chi connectivity index (χ3n) is 2.99. The molecule has 2 rings (SSSR count). The molecule has 1 unspecified atom stereocenters. The molecule has 0 saturated carbocycles. The Hall–Kier alpha value is -1.38. The smallest absolute Gasteiger partial charge is 0.166 e. The number of terminal acetylenes is 1. The Morgan fingerprint density at radius 1 is 1.50 bits per heavy atom. The van der Waals surface area contributed by atoms with Crippen LogP contribution in [0.3, 0.4) is 0 Å². The Labute approximate surface area is 139 Å². The maximum atomic E-state index is 13.9. The van der Waals surface area contributed by atoms with Crippen molar-refractivity contribution in [1.82, 2.24) is 0 Å². The lowest BCUT2D eigenvalue weighted by atomic mass is 9.99. The summed E-state index contributed by atoms with van der Waals surface area (Å²) in [5, 5.41) is 7.62. The molecular formula is C16H18ClFN2OS. The maximum Gasteiger partial charge on any atom is 0.166 e. The van der Waals surface area contributed by atoms with E-state index in [0.717, 1.165) is 5.04 Å². The van der Waals surface area contributed by atoms with Gasteiger partial charge in [0.2, 0.25) is 0 Å². The number of ether oxygens (including phenoxy) is 1. The molecule has 0 radical (unpaired) electrons. The lowest BCUT2D eigenvalue weighted by molar-refractivity contribution is 0.265. The summed E-state index contributed by atoms with van der Waals surface area (Å²) in [5.74, 6) is 2.57. The summed E-state index contributed by atoms with van der Waals surface area (Å²) in [6.07, 6.45) is 4.74. The van der Waals surface area contributed by atoms with Crippen molar-refractivity contribution in [3.05, 3.63) is 23.0 Å². The average molecular weight is 341 g/mol. The van der Waals surface area contributed by atoms with E-state index in [9.17, 15) is 4.39 Å². The number of halogens is 2. The molecule has 0 aliphatic carbocycles. The lowest BCUT2D eigenvalue weighted by Crippen LogP contribution is -2.16. The molecule has 1 aliphatic heterocycles. The van der Waals surface area contributed by atoms with Gasteiger partial charge in [-0.3, -0.25) is 5.01 Å². The highest BCUT2D eigenvalue weighted by Gasteiger charge is 2.28. The summed E-state index contributed by atoms with van der Waals surface area (Å²) in [6, 6.07) is 2.77. The third kappa shape index (κ3) is 3.68. The van der Waals surface area contributed by atoms with E-state index in [0.29, 0.717) is 11.6 Å². The largest absolute Gasteiger partial charge is 0.475 e. The molecule has 22 heavy (non-hydrogen) atoms. The van der Waals surface area contributed by atoms with E-state index in [4.69, 9.17) is 22.8 Å². The predicted octanol–water partition coefficient (Wildman–Crippen LogP) is 4.75. The number of hydrogen-bond acceptors (Lipinski definition) is 4. The molecule has 0 saturated heterocycles. The summed E-state index contributed by atoms with van der Waals surface area (Å²) in [6.45, 7) is 7.96. The van der Waals surface area contributed by atoms with Crippen LogP contribution in [0, 0.1) is 23.6 Å². The van der Waals surface area contributed by atoms with Crippen molar-refractivity contribution in [1.29, 1.82) is 0 Å². The van der Waals surface area contributed by atoms with Gasteiger partial charge in [-0.15, -0.1) is 6.42 Å². The van der Waals surface area contributed by atoms with Crippen LogP contribution in [-0.4, -0.2) is 17.0 Å². The molecule has 0 amide bonds. The molecule has 0 spiro atoms. The van der Waals surface area contributed by atoms with E-state index in [1.165, 1.54) is 6.07 Å². The van der Waals surface area contributed by atoms with Gasteiger partial charge in [0.1, 0.15) is 5.04 Å². The zero-order valence-electron chi connectivity index (χ0n) is 13.0.